The first-order valence-corrected chi connectivity index (χ1v) is 6.69. The van der Waals surface area contributed by atoms with E-state index in [1.165, 1.54) is 23.9 Å². The van der Waals surface area contributed by atoms with Crippen LogP contribution < -0.4 is 5.32 Å². The van der Waals surface area contributed by atoms with Crippen molar-refractivity contribution >= 4 is 11.8 Å². The SMILES string of the molecule is CSc1ccc(F)c(CC2CCCN2)c1F. The summed E-state index contributed by atoms with van der Waals surface area (Å²) < 4.78 is 27.4. The second-order valence-electron chi connectivity index (χ2n) is 4.04. The first-order chi connectivity index (χ1) is 7.72. The summed E-state index contributed by atoms with van der Waals surface area (Å²) in [5.41, 5.74) is 0.228. The van der Waals surface area contributed by atoms with E-state index in [2.05, 4.69) is 5.32 Å². The fourth-order valence-corrected chi connectivity index (χ4v) is 2.60. The van der Waals surface area contributed by atoms with E-state index in [1.807, 2.05) is 0 Å². The Morgan fingerprint density at radius 2 is 2.25 bits per heavy atom. The van der Waals surface area contributed by atoms with Gasteiger partial charge in [-0.2, -0.15) is 0 Å². The molecule has 1 aliphatic rings. The highest BCUT2D eigenvalue weighted by atomic mass is 32.2. The van der Waals surface area contributed by atoms with Crippen molar-refractivity contribution in [1.29, 1.82) is 0 Å². The Kier molecular flexibility index (Phi) is 3.82. The number of benzene rings is 1. The summed E-state index contributed by atoms with van der Waals surface area (Å²) in [6, 6.07) is 3.08. The van der Waals surface area contributed by atoms with Crippen molar-refractivity contribution in [2.24, 2.45) is 0 Å². The minimum atomic E-state index is -0.427. The first kappa shape index (κ1) is 11.9. The maximum atomic E-state index is 13.9. The van der Waals surface area contributed by atoms with Gasteiger partial charge in [-0.05, 0) is 44.2 Å². The molecule has 1 atom stereocenters. The van der Waals surface area contributed by atoms with Gasteiger partial charge < -0.3 is 5.32 Å². The molecule has 2 rings (SSSR count). The lowest BCUT2D eigenvalue weighted by atomic mass is 10.0. The van der Waals surface area contributed by atoms with Crippen molar-refractivity contribution in [2.75, 3.05) is 12.8 Å². The standard InChI is InChI=1S/C12H15F2NS/c1-16-11-5-4-10(13)9(12(11)14)7-8-3-2-6-15-8/h4-5,8,15H,2-3,6-7H2,1H3. The Balaban J connectivity index is 2.23. The normalized spacial score (nSPS) is 20.3. The fraction of sp³-hybridized carbons (Fsp3) is 0.500. The molecule has 1 unspecified atom stereocenters. The lowest BCUT2D eigenvalue weighted by Gasteiger charge is -2.13. The van der Waals surface area contributed by atoms with Gasteiger partial charge in [-0.25, -0.2) is 8.78 Å². The van der Waals surface area contributed by atoms with Crippen LogP contribution in [0.15, 0.2) is 17.0 Å². The van der Waals surface area contributed by atoms with E-state index in [0.29, 0.717) is 11.3 Å². The van der Waals surface area contributed by atoms with E-state index in [0.717, 1.165) is 19.4 Å². The Bertz CT molecular complexity index is 376. The van der Waals surface area contributed by atoms with Crippen molar-refractivity contribution in [3.05, 3.63) is 29.3 Å². The van der Waals surface area contributed by atoms with Crippen molar-refractivity contribution in [2.45, 2.75) is 30.2 Å². The molecule has 0 bridgehead atoms. The van der Waals surface area contributed by atoms with Crippen LogP contribution in [-0.4, -0.2) is 18.8 Å². The van der Waals surface area contributed by atoms with Gasteiger partial charge >= 0.3 is 0 Å². The van der Waals surface area contributed by atoms with Gasteiger partial charge in [-0.1, -0.05) is 0 Å². The molecule has 16 heavy (non-hydrogen) atoms. The Labute approximate surface area is 98.6 Å². The maximum Gasteiger partial charge on any atom is 0.142 e. The molecule has 1 nitrogen and oxygen atoms in total. The third-order valence-corrected chi connectivity index (χ3v) is 3.74. The molecule has 0 radical (unpaired) electrons. The van der Waals surface area contributed by atoms with Crippen LogP contribution in [0, 0.1) is 11.6 Å². The summed E-state index contributed by atoms with van der Waals surface area (Å²) in [6.45, 7) is 0.954. The minimum absolute atomic E-state index is 0.223. The molecule has 0 spiro atoms. The van der Waals surface area contributed by atoms with Crippen molar-refractivity contribution in [3.63, 3.8) is 0 Å². The van der Waals surface area contributed by atoms with Crippen LogP contribution in [0.1, 0.15) is 18.4 Å². The second-order valence-corrected chi connectivity index (χ2v) is 4.89. The fourth-order valence-electron chi connectivity index (χ4n) is 2.10. The molecule has 1 aliphatic heterocycles. The van der Waals surface area contributed by atoms with Crippen LogP contribution >= 0.6 is 11.8 Å². The third kappa shape index (κ3) is 2.38. The van der Waals surface area contributed by atoms with E-state index in [1.54, 1.807) is 6.26 Å². The molecule has 1 saturated heterocycles. The highest BCUT2D eigenvalue weighted by molar-refractivity contribution is 7.98. The largest absolute Gasteiger partial charge is 0.314 e. The number of thioether (sulfide) groups is 1. The molecule has 88 valence electrons. The van der Waals surface area contributed by atoms with Crippen molar-refractivity contribution in [3.8, 4) is 0 Å². The highest BCUT2D eigenvalue weighted by Crippen LogP contribution is 2.26. The average Bonchev–Trinajstić information content (AvgIpc) is 2.77. The second kappa shape index (κ2) is 5.15. The molecule has 1 fully saturated rings. The summed E-state index contributed by atoms with van der Waals surface area (Å²) in [5, 5.41) is 3.26. The van der Waals surface area contributed by atoms with Crippen molar-refractivity contribution < 1.29 is 8.78 Å². The van der Waals surface area contributed by atoms with E-state index in [4.69, 9.17) is 0 Å². The van der Waals surface area contributed by atoms with Crippen LogP contribution in [0.5, 0.6) is 0 Å². The van der Waals surface area contributed by atoms with E-state index in [9.17, 15) is 8.78 Å². The van der Waals surface area contributed by atoms with Crippen LogP contribution in [-0.2, 0) is 6.42 Å². The van der Waals surface area contributed by atoms with Crippen LogP contribution in [0.4, 0.5) is 8.78 Å². The predicted molar refractivity (Wildman–Crippen MR) is 62.9 cm³/mol. The maximum absolute atomic E-state index is 13.9. The van der Waals surface area contributed by atoms with Gasteiger partial charge in [0.1, 0.15) is 11.6 Å². The molecular formula is C12H15F2NS. The van der Waals surface area contributed by atoms with Gasteiger partial charge in [0, 0.05) is 16.5 Å². The van der Waals surface area contributed by atoms with Gasteiger partial charge in [-0.15, -0.1) is 11.8 Å². The number of nitrogens with one attached hydrogen (secondary N) is 1. The van der Waals surface area contributed by atoms with Crippen LogP contribution in [0.3, 0.4) is 0 Å². The molecule has 1 aromatic carbocycles. The molecule has 1 heterocycles. The number of rotatable bonds is 3. The highest BCUT2D eigenvalue weighted by Gasteiger charge is 2.20. The Morgan fingerprint density at radius 1 is 1.44 bits per heavy atom. The molecule has 1 N–H and O–H groups in total. The quantitative estimate of drug-likeness (QED) is 0.819. The van der Waals surface area contributed by atoms with Gasteiger partial charge in [0.25, 0.3) is 0 Å². The van der Waals surface area contributed by atoms with Crippen LogP contribution in [0.2, 0.25) is 0 Å². The number of hydrogen-bond acceptors (Lipinski definition) is 2. The zero-order chi connectivity index (χ0) is 11.5. The summed E-state index contributed by atoms with van der Waals surface area (Å²) in [4.78, 5) is 0.523. The summed E-state index contributed by atoms with van der Waals surface area (Å²) in [5.74, 6) is -0.815. The number of halogens is 2. The molecular weight excluding hydrogens is 228 g/mol. The topological polar surface area (TPSA) is 12.0 Å². The van der Waals surface area contributed by atoms with E-state index in [-0.39, 0.29) is 17.4 Å². The average molecular weight is 243 g/mol. The van der Waals surface area contributed by atoms with Crippen LogP contribution in [0.25, 0.3) is 0 Å². The number of hydrogen-bond donors (Lipinski definition) is 1. The summed E-state index contributed by atoms with van der Waals surface area (Å²) in [7, 11) is 0. The lowest BCUT2D eigenvalue weighted by Crippen LogP contribution is -2.24. The summed E-state index contributed by atoms with van der Waals surface area (Å²) >= 11 is 1.31. The van der Waals surface area contributed by atoms with Gasteiger partial charge in [0.2, 0.25) is 0 Å². The van der Waals surface area contributed by atoms with E-state index < -0.39 is 5.82 Å². The zero-order valence-electron chi connectivity index (χ0n) is 9.22. The Hall–Kier alpha value is -0.610. The monoisotopic (exact) mass is 243 g/mol. The van der Waals surface area contributed by atoms with Gasteiger partial charge in [0.15, 0.2) is 0 Å². The predicted octanol–water partition coefficient (Wildman–Crippen LogP) is 2.98. The smallest absolute Gasteiger partial charge is 0.142 e. The minimum Gasteiger partial charge on any atom is -0.314 e. The summed E-state index contributed by atoms with van der Waals surface area (Å²) in [6.07, 6.45) is 4.35. The first-order valence-electron chi connectivity index (χ1n) is 5.46. The third-order valence-electron chi connectivity index (χ3n) is 2.98. The molecule has 0 aromatic heterocycles. The van der Waals surface area contributed by atoms with E-state index >= 15 is 0 Å². The van der Waals surface area contributed by atoms with Crippen molar-refractivity contribution in [1.82, 2.24) is 5.32 Å². The molecule has 4 heteroatoms. The molecule has 1 aromatic rings. The van der Waals surface area contributed by atoms with Gasteiger partial charge in [-0.3, -0.25) is 0 Å². The molecule has 0 saturated carbocycles. The zero-order valence-corrected chi connectivity index (χ0v) is 10.0. The lowest BCUT2D eigenvalue weighted by molar-refractivity contribution is 0.508. The molecule has 0 amide bonds. The van der Waals surface area contributed by atoms with Gasteiger partial charge in [0.05, 0.1) is 0 Å². The molecule has 0 aliphatic carbocycles. The Morgan fingerprint density at radius 3 is 2.88 bits per heavy atom.